The van der Waals surface area contributed by atoms with E-state index in [1.54, 1.807) is 29.3 Å². The maximum atomic E-state index is 12.9. The standard InChI is InChI=1S/C22H20N4O3/c27-20-6-3-5-18(24-20)22(29)25-11-14-8-16(13-25)19-9-15(10-21(28)26(19)12-14)17-4-1-2-7-23-17/h1-7,9-10,14,16H,8,11-13H2,(H,24,27)/t14-,16+/m0/s1. The van der Waals surface area contributed by atoms with Gasteiger partial charge in [-0.1, -0.05) is 12.1 Å². The van der Waals surface area contributed by atoms with Gasteiger partial charge in [-0.25, -0.2) is 0 Å². The van der Waals surface area contributed by atoms with E-state index in [1.165, 1.54) is 6.07 Å². The molecule has 2 bridgehead atoms. The Hall–Kier alpha value is -3.48. The molecule has 2 aliphatic heterocycles. The van der Waals surface area contributed by atoms with Gasteiger partial charge in [-0.3, -0.25) is 19.4 Å². The van der Waals surface area contributed by atoms with Gasteiger partial charge in [0.05, 0.1) is 5.69 Å². The van der Waals surface area contributed by atoms with Gasteiger partial charge in [0.25, 0.3) is 11.5 Å². The smallest absolute Gasteiger partial charge is 0.270 e. The molecule has 1 N–H and O–H groups in total. The van der Waals surface area contributed by atoms with Crippen LogP contribution in [0, 0.1) is 5.92 Å². The number of amides is 1. The molecule has 0 aromatic carbocycles. The number of aromatic amines is 1. The largest absolute Gasteiger partial charge is 0.336 e. The molecule has 5 heterocycles. The second-order valence-electron chi connectivity index (χ2n) is 7.77. The summed E-state index contributed by atoms with van der Waals surface area (Å²) < 4.78 is 1.84. The van der Waals surface area contributed by atoms with Crippen molar-refractivity contribution in [3.05, 3.63) is 86.8 Å². The lowest BCUT2D eigenvalue weighted by atomic mass is 9.82. The van der Waals surface area contributed by atoms with E-state index < -0.39 is 0 Å². The Morgan fingerprint density at radius 1 is 1.03 bits per heavy atom. The summed E-state index contributed by atoms with van der Waals surface area (Å²) in [4.78, 5) is 46.1. The number of nitrogens with zero attached hydrogens (tertiary/aromatic N) is 3. The molecule has 1 amide bonds. The van der Waals surface area contributed by atoms with E-state index in [4.69, 9.17) is 0 Å². The van der Waals surface area contributed by atoms with Gasteiger partial charge in [0, 0.05) is 55.1 Å². The number of rotatable bonds is 2. The third-order valence-corrected chi connectivity index (χ3v) is 5.80. The Labute approximate surface area is 166 Å². The number of fused-ring (bicyclic) bond motifs is 4. The van der Waals surface area contributed by atoms with E-state index in [0.717, 1.165) is 23.4 Å². The van der Waals surface area contributed by atoms with E-state index in [2.05, 4.69) is 9.97 Å². The first-order chi connectivity index (χ1) is 14.1. The first-order valence-electron chi connectivity index (χ1n) is 9.73. The van der Waals surface area contributed by atoms with E-state index in [-0.39, 0.29) is 28.9 Å². The van der Waals surface area contributed by atoms with Crippen LogP contribution in [0.4, 0.5) is 0 Å². The number of piperidine rings is 1. The SMILES string of the molecule is O=C(c1cccc(=O)[nH]1)N1C[C@@H]2C[C@H](C1)c1cc(-c3ccccn3)cc(=O)n1C2. The van der Waals surface area contributed by atoms with Gasteiger partial charge >= 0.3 is 0 Å². The van der Waals surface area contributed by atoms with Gasteiger partial charge in [-0.15, -0.1) is 0 Å². The molecule has 1 fully saturated rings. The van der Waals surface area contributed by atoms with Crippen LogP contribution in [0.25, 0.3) is 11.3 Å². The predicted octanol–water partition coefficient (Wildman–Crippen LogP) is 1.86. The summed E-state index contributed by atoms with van der Waals surface area (Å²) in [5.74, 6) is 0.131. The predicted molar refractivity (Wildman–Crippen MR) is 108 cm³/mol. The minimum Gasteiger partial charge on any atom is -0.336 e. The summed E-state index contributed by atoms with van der Waals surface area (Å²) in [5, 5.41) is 0. The highest BCUT2D eigenvalue weighted by atomic mass is 16.2. The number of H-pyrrole nitrogens is 1. The quantitative estimate of drug-likeness (QED) is 0.726. The molecule has 0 unspecified atom stereocenters. The highest BCUT2D eigenvalue weighted by molar-refractivity contribution is 5.92. The molecule has 29 heavy (non-hydrogen) atoms. The third-order valence-electron chi connectivity index (χ3n) is 5.80. The monoisotopic (exact) mass is 388 g/mol. The fourth-order valence-corrected chi connectivity index (χ4v) is 4.55. The molecule has 7 nitrogen and oxygen atoms in total. The molecule has 5 rings (SSSR count). The van der Waals surface area contributed by atoms with Crippen LogP contribution in [0.15, 0.2) is 64.3 Å². The summed E-state index contributed by atoms with van der Waals surface area (Å²) in [6, 6.07) is 13.9. The zero-order chi connectivity index (χ0) is 20.0. The molecule has 2 atom stereocenters. The van der Waals surface area contributed by atoms with E-state index >= 15 is 0 Å². The number of likely N-dealkylation sites (tertiary alicyclic amines) is 1. The molecule has 0 spiro atoms. The summed E-state index contributed by atoms with van der Waals surface area (Å²) in [7, 11) is 0. The van der Waals surface area contributed by atoms with Crippen molar-refractivity contribution in [2.45, 2.75) is 18.9 Å². The maximum Gasteiger partial charge on any atom is 0.270 e. The third kappa shape index (κ3) is 3.18. The van der Waals surface area contributed by atoms with Crippen LogP contribution in [0.2, 0.25) is 0 Å². The van der Waals surface area contributed by atoms with E-state index in [9.17, 15) is 14.4 Å². The highest BCUT2D eigenvalue weighted by Gasteiger charge is 2.37. The number of carbonyl (C=O) groups excluding carboxylic acids is 1. The van der Waals surface area contributed by atoms with Gasteiger partial charge < -0.3 is 14.5 Å². The Kier molecular flexibility index (Phi) is 4.16. The summed E-state index contributed by atoms with van der Waals surface area (Å²) in [6.07, 6.45) is 2.66. The second-order valence-corrected chi connectivity index (χ2v) is 7.77. The number of hydrogen-bond acceptors (Lipinski definition) is 4. The Bertz CT molecular complexity index is 1200. The van der Waals surface area contributed by atoms with Crippen LogP contribution in [-0.4, -0.2) is 38.4 Å². The summed E-state index contributed by atoms with van der Waals surface area (Å²) >= 11 is 0. The molecule has 0 radical (unpaired) electrons. The normalized spacial score (nSPS) is 20.2. The van der Waals surface area contributed by atoms with Crippen molar-refractivity contribution in [2.24, 2.45) is 5.92 Å². The van der Waals surface area contributed by atoms with Gasteiger partial charge in [0.15, 0.2) is 0 Å². The molecule has 3 aromatic rings. The van der Waals surface area contributed by atoms with Gasteiger partial charge in [-0.05, 0) is 36.6 Å². The average molecular weight is 388 g/mol. The first kappa shape index (κ1) is 17.6. The minimum atomic E-state index is -0.287. The van der Waals surface area contributed by atoms with Gasteiger partial charge in [0.2, 0.25) is 5.56 Å². The summed E-state index contributed by atoms with van der Waals surface area (Å²) in [5.41, 5.74) is 2.51. The molecule has 2 aliphatic rings. The average Bonchev–Trinajstić information content (AvgIpc) is 2.74. The summed E-state index contributed by atoms with van der Waals surface area (Å²) in [6.45, 7) is 1.71. The zero-order valence-electron chi connectivity index (χ0n) is 15.7. The minimum absolute atomic E-state index is 0.0231. The Morgan fingerprint density at radius 2 is 1.93 bits per heavy atom. The topological polar surface area (TPSA) is 88.1 Å². The molecule has 7 heteroatoms. The van der Waals surface area contributed by atoms with Crippen molar-refractivity contribution >= 4 is 5.91 Å². The van der Waals surface area contributed by atoms with Crippen molar-refractivity contribution in [1.82, 2.24) is 19.4 Å². The van der Waals surface area contributed by atoms with Crippen LogP contribution in [-0.2, 0) is 6.54 Å². The lowest BCUT2D eigenvalue weighted by Gasteiger charge is -2.42. The lowest BCUT2D eigenvalue weighted by molar-refractivity contribution is 0.0588. The number of pyridine rings is 3. The first-order valence-corrected chi connectivity index (χ1v) is 9.73. The van der Waals surface area contributed by atoms with Crippen molar-refractivity contribution in [1.29, 1.82) is 0 Å². The Balaban J connectivity index is 1.49. The molecule has 3 aromatic heterocycles. The van der Waals surface area contributed by atoms with Crippen molar-refractivity contribution in [3.8, 4) is 11.3 Å². The number of nitrogens with one attached hydrogen (secondary N) is 1. The highest BCUT2D eigenvalue weighted by Crippen LogP contribution is 2.36. The van der Waals surface area contributed by atoms with E-state index in [1.807, 2.05) is 28.8 Å². The molecular weight excluding hydrogens is 368 g/mol. The second kappa shape index (κ2) is 6.84. The molecule has 1 saturated heterocycles. The zero-order valence-corrected chi connectivity index (χ0v) is 15.7. The van der Waals surface area contributed by atoms with Gasteiger partial charge in [-0.2, -0.15) is 0 Å². The number of carbonyl (C=O) groups is 1. The molecular formula is C22H20N4O3. The van der Waals surface area contributed by atoms with Crippen molar-refractivity contribution < 1.29 is 4.79 Å². The van der Waals surface area contributed by atoms with Crippen LogP contribution in [0.1, 0.15) is 28.5 Å². The fourth-order valence-electron chi connectivity index (χ4n) is 4.55. The Morgan fingerprint density at radius 3 is 2.72 bits per heavy atom. The van der Waals surface area contributed by atoms with Crippen LogP contribution >= 0.6 is 0 Å². The fraction of sp³-hybridized carbons (Fsp3) is 0.273. The van der Waals surface area contributed by atoms with Crippen molar-refractivity contribution in [3.63, 3.8) is 0 Å². The van der Waals surface area contributed by atoms with E-state index in [0.29, 0.717) is 25.3 Å². The van der Waals surface area contributed by atoms with Crippen LogP contribution in [0.5, 0.6) is 0 Å². The van der Waals surface area contributed by atoms with Crippen LogP contribution in [0.3, 0.4) is 0 Å². The molecule has 146 valence electrons. The molecule has 0 aliphatic carbocycles. The molecule has 0 saturated carbocycles. The lowest BCUT2D eigenvalue weighted by Crippen LogP contribution is -2.49. The maximum absolute atomic E-state index is 12.9. The number of hydrogen-bond donors (Lipinski definition) is 1. The van der Waals surface area contributed by atoms with Crippen LogP contribution < -0.4 is 11.1 Å². The van der Waals surface area contributed by atoms with Crippen molar-refractivity contribution in [2.75, 3.05) is 13.1 Å². The number of aromatic nitrogens is 3. The van der Waals surface area contributed by atoms with Gasteiger partial charge in [0.1, 0.15) is 5.69 Å².